The molecule has 1 N–H and O–H groups in total. The monoisotopic (exact) mass is 350 g/mol. The zero-order chi connectivity index (χ0) is 18.9. The highest BCUT2D eigenvalue weighted by atomic mass is 16.2. The number of nitrogens with zero attached hydrogens (tertiary/aromatic N) is 1. The third-order valence-electron chi connectivity index (χ3n) is 4.82. The van der Waals surface area contributed by atoms with E-state index in [0.29, 0.717) is 18.5 Å². The summed E-state index contributed by atoms with van der Waals surface area (Å²) in [4.78, 5) is 26.6. The van der Waals surface area contributed by atoms with Crippen molar-refractivity contribution in [1.82, 2.24) is 5.32 Å². The fourth-order valence-electron chi connectivity index (χ4n) is 3.17. The molecule has 2 aromatic rings. The van der Waals surface area contributed by atoms with Gasteiger partial charge in [0.15, 0.2) is 0 Å². The van der Waals surface area contributed by atoms with Crippen LogP contribution < -0.4 is 10.2 Å². The first-order chi connectivity index (χ1) is 12.2. The van der Waals surface area contributed by atoms with Crippen molar-refractivity contribution in [3.8, 4) is 0 Å². The maximum absolute atomic E-state index is 12.5. The summed E-state index contributed by atoms with van der Waals surface area (Å²) in [5, 5.41) is 2.99. The lowest BCUT2D eigenvalue weighted by molar-refractivity contribution is -0.117. The normalized spacial score (nSPS) is 17.5. The summed E-state index contributed by atoms with van der Waals surface area (Å²) < 4.78 is 0. The van der Waals surface area contributed by atoms with Gasteiger partial charge in [-0.1, -0.05) is 50.6 Å². The Morgan fingerprint density at radius 1 is 1.04 bits per heavy atom. The Labute approximate surface area is 155 Å². The number of carbonyl (C=O) groups is 2. The molecule has 0 spiro atoms. The molecule has 4 nitrogen and oxygen atoms in total. The first-order valence-electron chi connectivity index (χ1n) is 9.02. The Hall–Kier alpha value is -2.62. The molecule has 1 heterocycles. The first kappa shape index (κ1) is 18.2. The van der Waals surface area contributed by atoms with Crippen molar-refractivity contribution in [2.75, 3.05) is 11.4 Å². The number of hydrogen-bond acceptors (Lipinski definition) is 2. The second-order valence-electron chi connectivity index (χ2n) is 8.04. The van der Waals surface area contributed by atoms with E-state index in [2.05, 4.69) is 26.1 Å². The standard InChI is InChI=1S/C22H26N2O2/c1-15-5-11-19(12-6-15)24-14-18(13-20(24)25)23-21(26)16-7-9-17(10-8-16)22(2,3)4/h5-12,18H,13-14H2,1-4H3,(H,23,26). The molecule has 0 bridgehead atoms. The fourth-order valence-corrected chi connectivity index (χ4v) is 3.17. The van der Waals surface area contributed by atoms with Crippen molar-refractivity contribution in [1.29, 1.82) is 0 Å². The number of anilines is 1. The van der Waals surface area contributed by atoms with Crippen molar-refractivity contribution in [2.45, 2.75) is 45.6 Å². The maximum atomic E-state index is 12.5. The van der Waals surface area contributed by atoms with Gasteiger partial charge in [0.05, 0.1) is 6.04 Å². The summed E-state index contributed by atoms with van der Waals surface area (Å²) >= 11 is 0. The van der Waals surface area contributed by atoms with Gasteiger partial charge in [0, 0.05) is 24.2 Å². The van der Waals surface area contributed by atoms with Crippen LogP contribution in [-0.4, -0.2) is 24.4 Å². The summed E-state index contributed by atoms with van der Waals surface area (Å²) in [7, 11) is 0. The lowest BCUT2D eigenvalue weighted by Crippen LogP contribution is -2.37. The molecular weight excluding hydrogens is 324 g/mol. The zero-order valence-corrected chi connectivity index (χ0v) is 15.9. The molecule has 1 atom stereocenters. The highest BCUT2D eigenvalue weighted by Crippen LogP contribution is 2.24. The van der Waals surface area contributed by atoms with E-state index in [4.69, 9.17) is 0 Å². The van der Waals surface area contributed by atoms with Crippen LogP contribution in [0.5, 0.6) is 0 Å². The zero-order valence-electron chi connectivity index (χ0n) is 15.9. The quantitative estimate of drug-likeness (QED) is 0.915. The van der Waals surface area contributed by atoms with E-state index in [0.717, 1.165) is 11.3 Å². The van der Waals surface area contributed by atoms with Crippen LogP contribution >= 0.6 is 0 Å². The molecule has 1 saturated heterocycles. The number of hydrogen-bond donors (Lipinski definition) is 1. The Bertz CT molecular complexity index is 802. The second-order valence-corrected chi connectivity index (χ2v) is 8.04. The van der Waals surface area contributed by atoms with E-state index < -0.39 is 0 Å². The summed E-state index contributed by atoms with van der Waals surface area (Å²) in [6, 6.07) is 15.4. The highest BCUT2D eigenvalue weighted by molar-refractivity contribution is 5.99. The molecule has 1 fully saturated rings. The van der Waals surface area contributed by atoms with Crippen molar-refractivity contribution in [2.24, 2.45) is 0 Å². The minimum absolute atomic E-state index is 0.0437. The average Bonchev–Trinajstić information content (AvgIpc) is 2.95. The van der Waals surface area contributed by atoms with Crippen LogP contribution in [0.3, 0.4) is 0 Å². The fraction of sp³-hybridized carbons (Fsp3) is 0.364. The number of nitrogens with one attached hydrogen (secondary N) is 1. The molecule has 1 aliphatic rings. The second kappa shape index (κ2) is 6.94. The first-order valence-corrected chi connectivity index (χ1v) is 9.02. The van der Waals surface area contributed by atoms with E-state index in [1.54, 1.807) is 4.90 Å². The minimum Gasteiger partial charge on any atom is -0.347 e. The van der Waals surface area contributed by atoms with E-state index >= 15 is 0 Å². The summed E-state index contributed by atoms with van der Waals surface area (Å²) in [5.74, 6) is -0.0868. The molecule has 0 aromatic heterocycles. The predicted octanol–water partition coefficient (Wildman–Crippen LogP) is 3.83. The van der Waals surface area contributed by atoms with Gasteiger partial charge in [0.1, 0.15) is 0 Å². The topological polar surface area (TPSA) is 49.4 Å². The molecule has 4 heteroatoms. The van der Waals surface area contributed by atoms with Crippen molar-refractivity contribution >= 4 is 17.5 Å². The Balaban J connectivity index is 1.65. The number of benzene rings is 2. The molecule has 2 amide bonds. The smallest absolute Gasteiger partial charge is 0.251 e. The summed E-state index contributed by atoms with van der Waals surface area (Å²) in [5.41, 5.74) is 3.91. The van der Waals surface area contributed by atoms with E-state index in [9.17, 15) is 9.59 Å². The number of rotatable bonds is 3. The number of carbonyl (C=O) groups excluding carboxylic acids is 2. The number of amides is 2. The van der Waals surface area contributed by atoms with Gasteiger partial charge in [-0.05, 0) is 42.2 Å². The van der Waals surface area contributed by atoms with Crippen LogP contribution in [0.25, 0.3) is 0 Å². The summed E-state index contributed by atoms with van der Waals surface area (Å²) in [6.07, 6.45) is 0.333. The predicted molar refractivity (Wildman–Crippen MR) is 105 cm³/mol. The Kier molecular flexibility index (Phi) is 4.86. The Morgan fingerprint density at radius 3 is 2.23 bits per heavy atom. The lowest BCUT2D eigenvalue weighted by atomic mass is 9.86. The SMILES string of the molecule is Cc1ccc(N2CC(NC(=O)c3ccc(C(C)(C)C)cc3)CC2=O)cc1. The van der Waals surface area contributed by atoms with Gasteiger partial charge in [-0.3, -0.25) is 9.59 Å². The van der Waals surface area contributed by atoms with E-state index in [1.807, 2.05) is 55.5 Å². The third kappa shape index (κ3) is 3.96. The highest BCUT2D eigenvalue weighted by Gasteiger charge is 2.31. The van der Waals surface area contributed by atoms with E-state index in [1.165, 1.54) is 5.56 Å². The maximum Gasteiger partial charge on any atom is 0.251 e. The average molecular weight is 350 g/mol. The number of aryl methyl sites for hydroxylation is 1. The minimum atomic E-state index is -0.168. The van der Waals surface area contributed by atoms with Crippen LogP contribution in [0.15, 0.2) is 48.5 Å². The molecule has 1 unspecified atom stereocenters. The van der Waals surface area contributed by atoms with Gasteiger partial charge in [0.25, 0.3) is 5.91 Å². The molecule has 3 rings (SSSR count). The van der Waals surface area contributed by atoms with Gasteiger partial charge in [-0.25, -0.2) is 0 Å². The van der Waals surface area contributed by atoms with Gasteiger partial charge in [-0.2, -0.15) is 0 Å². The van der Waals surface area contributed by atoms with Crippen molar-refractivity contribution in [3.05, 3.63) is 65.2 Å². The lowest BCUT2D eigenvalue weighted by Gasteiger charge is -2.19. The van der Waals surface area contributed by atoms with Crippen molar-refractivity contribution < 1.29 is 9.59 Å². The molecule has 0 radical (unpaired) electrons. The van der Waals surface area contributed by atoms with E-state index in [-0.39, 0.29) is 23.3 Å². The summed E-state index contributed by atoms with van der Waals surface area (Å²) in [6.45, 7) is 8.96. The molecule has 0 saturated carbocycles. The van der Waals surface area contributed by atoms with Gasteiger partial charge in [-0.15, -0.1) is 0 Å². The molecule has 2 aromatic carbocycles. The molecule has 0 aliphatic carbocycles. The molecule has 1 aliphatic heterocycles. The van der Waals surface area contributed by atoms with Crippen LogP contribution in [-0.2, 0) is 10.2 Å². The van der Waals surface area contributed by atoms with Gasteiger partial charge >= 0.3 is 0 Å². The largest absolute Gasteiger partial charge is 0.347 e. The molecule has 136 valence electrons. The van der Waals surface area contributed by atoms with Crippen LogP contribution in [0.4, 0.5) is 5.69 Å². The molecule has 26 heavy (non-hydrogen) atoms. The molecular formula is C22H26N2O2. The van der Waals surface area contributed by atoms with Crippen LogP contribution in [0, 0.1) is 6.92 Å². The van der Waals surface area contributed by atoms with Gasteiger partial charge < -0.3 is 10.2 Å². The van der Waals surface area contributed by atoms with Crippen LogP contribution in [0.1, 0.15) is 48.7 Å². The van der Waals surface area contributed by atoms with Crippen molar-refractivity contribution in [3.63, 3.8) is 0 Å². The van der Waals surface area contributed by atoms with Crippen LogP contribution in [0.2, 0.25) is 0 Å². The third-order valence-corrected chi connectivity index (χ3v) is 4.82. The van der Waals surface area contributed by atoms with Gasteiger partial charge in [0.2, 0.25) is 5.91 Å². The Morgan fingerprint density at radius 2 is 1.65 bits per heavy atom.